The summed E-state index contributed by atoms with van der Waals surface area (Å²) in [6.45, 7) is 0. The van der Waals surface area contributed by atoms with Crippen LogP contribution in [0.5, 0.6) is 0 Å². The first-order valence-corrected chi connectivity index (χ1v) is 4.92. The predicted octanol–water partition coefficient (Wildman–Crippen LogP) is -10.9. The van der Waals surface area contributed by atoms with E-state index in [9.17, 15) is 0 Å². The van der Waals surface area contributed by atoms with Crippen LogP contribution in [-0.2, 0) is 4.57 Å². The maximum atomic E-state index is 8.55. The number of benzene rings is 1. The van der Waals surface area contributed by atoms with Gasteiger partial charge in [0.1, 0.15) is 5.52 Å². The molecule has 0 aliphatic carbocycles. The van der Waals surface area contributed by atoms with Crippen LogP contribution >= 0.6 is 7.82 Å². The molecule has 0 bridgehead atoms. The number of nitrogens with zero attached hydrogens (tertiary/aromatic N) is 2. The molecular weight excluding hydrogens is 278 g/mol. The summed E-state index contributed by atoms with van der Waals surface area (Å²) in [6.07, 6.45) is 0. The van der Waals surface area contributed by atoms with Gasteiger partial charge in [0.25, 0.3) is 0 Å². The third-order valence-electron chi connectivity index (χ3n) is 1.23. The van der Waals surface area contributed by atoms with Crippen LogP contribution in [-0.4, -0.2) is 15.4 Å². The maximum Gasteiger partial charge on any atom is 1.00 e. The monoisotopic (exact) mass is 283 g/mol. The van der Waals surface area contributed by atoms with E-state index < -0.39 is 7.82 Å². The molecular formula is C6H5N3Na3O4P. The van der Waals surface area contributed by atoms with Crippen molar-refractivity contribution < 1.29 is 108 Å². The SMILES string of the molecule is O=P([O-])([O-])[O-].[Na+].[Na+].[Na+].c1ccc2[nH]nnc2c1. The Bertz CT molecular complexity index is 424. The van der Waals surface area contributed by atoms with Gasteiger partial charge in [0.2, 0.25) is 0 Å². The molecule has 1 aromatic heterocycles. The minimum atomic E-state index is -5.39. The normalized spacial score (nSPS) is 8.88. The van der Waals surface area contributed by atoms with E-state index in [1.54, 1.807) is 0 Å². The molecule has 0 unspecified atom stereocenters. The van der Waals surface area contributed by atoms with Crippen molar-refractivity contribution in [3.8, 4) is 0 Å². The molecule has 1 heterocycles. The number of hydrogen-bond acceptors (Lipinski definition) is 6. The van der Waals surface area contributed by atoms with Crippen molar-refractivity contribution in [1.29, 1.82) is 0 Å². The molecule has 0 atom stereocenters. The molecule has 0 radical (unpaired) electrons. The number of nitrogens with one attached hydrogen (secondary N) is 1. The fourth-order valence-electron chi connectivity index (χ4n) is 0.788. The fraction of sp³-hybridized carbons (Fsp3) is 0. The summed E-state index contributed by atoms with van der Waals surface area (Å²) in [4.78, 5) is 25.6. The number of fused-ring (bicyclic) bond motifs is 1. The van der Waals surface area contributed by atoms with Crippen molar-refractivity contribution in [3.63, 3.8) is 0 Å². The third-order valence-corrected chi connectivity index (χ3v) is 1.23. The molecule has 0 fully saturated rings. The van der Waals surface area contributed by atoms with Crippen LogP contribution in [0.2, 0.25) is 0 Å². The van der Waals surface area contributed by atoms with Gasteiger partial charge < -0.3 is 19.2 Å². The Morgan fingerprint density at radius 2 is 1.53 bits per heavy atom. The van der Waals surface area contributed by atoms with Crippen molar-refractivity contribution in [1.82, 2.24) is 15.4 Å². The Hall–Kier alpha value is 1.73. The zero-order chi connectivity index (χ0) is 10.6. The Morgan fingerprint density at radius 3 is 2.00 bits per heavy atom. The van der Waals surface area contributed by atoms with Crippen molar-refractivity contribution in [3.05, 3.63) is 24.3 Å². The number of hydrogen-bond donors (Lipinski definition) is 1. The molecule has 17 heavy (non-hydrogen) atoms. The average Bonchev–Trinajstić information content (AvgIpc) is 2.47. The summed E-state index contributed by atoms with van der Waals surface area (Å²) in [5.41, 5.74) is 1.90. The van der Waals surface area contributed by atoms with Crippen LogP contribution in [0.15, 0.2) is 24.3 Å². The molecule has 1 N–H and O–H groups in total. The van der Waals surface area contributed by atoms with Gasteiger partial charge in [-0.2, -0.15) is 7.82 Å². The van der Waals surface area contributed by atoms with Crippen molar-refractivity contribution >= 4 is 18.9 Å². The summed E-state index contributed by atoms with van der Waals surface area (Å²) in [5, 5.41) is 10.2. The van der Waals surface area contributed by atoms with Gasteiger partial charge in [0, 0.05) is 0 Å². The first-order chi connectivity index (χ1) is 6.47. The Labute approximate surface area is 164 Å². The predicted molar refractivity (Wildman–Crippen MR) is 41.5 cm³/mol. The maximum absolute atomic E-state index is 8.55. The molecule has 0 amide bonds. The largest absolute Gasteiger partial charge is 1.00 e. The van der Waals surface area contributed by atoms with E-state index in [-0.39, 0.29) is 88.7 Å². The summed E-state index contributed by atoms with van der Waals surface area (Å²) < 4.78 is 8.55. The van der Waals surface area contributed by atoms with Crippen molar-refractivity contribution in [2.75, 3.05) is 0 Å². The average molecular weight is 283 g/mol. The molecule has 0 saturated heterocycles. The summed E-state index contributed by atoms with van der Waals surface area (Å²) >= 11 is 0. The summed E-state index contributed by atoms with van der Waals surface area (Å²) in [6, 6.07) is 7.74. The number of aromatic amines is 1. The zero-order valence-electron chi connectivity index (χ0n) is 9.78. The van der Waals surface area contributed by atoms with E-state index in [1.807, 2.05) is 24.3 Å². The van der Waals surface area contributed by atoms with E-state index in [0.717, 1.165) is 11.0 Å². The number of para-hydroxylation sites is 1. The Morgan fingerprint density at radius 1 is 1.06 bits per heavy atom. The summed E-state index contributed by atoms with van der Waals surface area (Å²) in [7, 11) is -5.39. The van der Waals surface area contributed by atoms with Gasteiger partial charge in [-0.25, -0.2) is 0 Å². The van der Waals surface area contributed by atoms with E-state index in [0.29, 0.717) is 0 Å². The second kappa shape index (κ2) is 11.5. The van der Waals surface area contributed by atoms with Crippen LogP contribution < -0.4 is 103 Å². The first-order valence-electron chi connectivity index (χ1n) is 3.45. The minimum Gasteiger partial charge on any atom is -0.822 e. The van der Waals surface area contributed by atoms with Gasteiger partial charge in [-0.05, 0) is 12.1 Å². The van der Waals surface area contributed by atoms with Crippen LogP contribution in [0.1, 0.15) is 0 Å². The molecule has 76 valence electrons. The summed E-state index contributed by atoms with van der Waals surface area (Å²) in [5.74, 6) is 0. The fourth-order valence-corrected chi connectivity index (χ4v) is 0.788. The van der Waals surface area contributed by atoms with Crippen LogP contribution in [0.25, 0.3) is 11.0 Å². The van der Waals surface area contributed by atoms with Gasteiger partial charge in [0.05, 0.1) is 5.52 Å². The van der Waals surface area contributed by atoms with Gasteiger partial charge >= 0.3 is 88.7 Å². The molecule has 0 aliphatic rings. The molecule has 0 spiro atoms. The molecule has 0 saturated carbocycles. The second-order valence-corrected chi connectivity index (χ2v) is 3.17. The van der Waals surface area contributed by atoms with Crippen molar-refractivity contribution in [2.24, 2.45) is 0 Å². The first kappa shape index (κ1) is 23.8. The van der Waals surface area contributed by atoms with E-state index in [1.165, 1.54) is 0 Å². The van der Waals surface area contributed by atoms with E-state index in [2.05, 4.69) is 15.4 Å². The smallest absolute Gasteiger partial charge is 0.822 e. The molecule has 2 aromatic rings. The zero-order valence-corrected chi connectivity index (χ0v) is 16.7. The third kappa shape index (κ3) is 12.5. The molecule has 11 heteroatoms. The quantitative estimate of drug-likeness (QED) is 0.377. The number of phosphoric acid groups is 1. The molecule has 1 aromatic carbocycles. The Kier molecular flexibility index (Phi) is 16.2. The second-order valence-electron chi connectivity index (χ2n) is 2.28. The van der Waals surface area contributed by atoms with Crippen LogP contribution in [0.3, 0.4) is 0 Å². The molecule has 2 rings (SSSR count). The number of rotatable bonds is 0. The van der Waals surface area contributed by atoms with E-state index in [4.69, 9.17) is 19.2 Å². The van der Waals surface area contributed by atoms with Gasteiger partial charge in [-0.1, -0.05) is 17.3 Å². The van der Waals surface area contributed by atoms with Gasteiger partial charge in [-0.15, -0.1) is 5.10 Å². The van der Waals surface area contributed by atoms with Crippen LogP contribution in [0.4, 0.5) is 0 Å². The van der Waals surface area contributed by atoms with Gasteiger partial charge in [-0.3, -0.25) is 5.10 Å². The van der Waals surface area contributed by atoms with E-state index >= 15 is 0 Å². The van der Waals surface area contributed by atoms with Crippen LogP contribution in [0, 0.1) is 0 Å². The molecule has 7 nitrogen and oxygen atoms in total. The number of H-pyrrole nitrogens is 1. The number of aromatic nitrogens is 3. The standard InChI is InChI=1S/C6H5N3.3Na.H3O4P/c1-2-4-6-5(3-1)7-9-8-6;;;;1-5(2,3)4/h1-4H,(H,7,8,9);;;;(H3,1,2,3,4)/q;3*+1;/p-3. The van der Waals surface area contributed by atoms with Crippen molar-refractivity contribution in [2.45, 2.75) is 0 Å². The Balaban J connectivity index is -0.000000222. The topological polar surface area (TPSA) is 128 Å². The van der Waals surface area contributed by atoms with Gasteiger partial charge in [0.15, 0.2) is 0 Å². The minimum absolute atomic E-state index is 0. The molecule has 0 aliphatic heterocycles.